The summed E-state index contributed by atoms with van der Waals surface area (Å²) in [6.07, 6.45) is 0.690. The van der Waals surface area contributed by atoms with Crippen LogP contribution in [-0.4, -0.2) is 26.9 Å². The van der Waals surface area contributed by atoms with E-state index in [2.05, 4.69) is 10.4 Å². The second-order valence-corrected chi connectivity index (χ2v) is 2.97. The molecule has 1 amide bonds. The molecule has 0 aliphatic rings. The Morgan fingerprint density at radius 1 is 1.77 bits per heavy atom. The van der Waals surface area contributed by atoms with Crippen LogP contribution in [0.1, 0.15) is 12.6 Å². The Balaban J connectivity index is 2.74. The molecule has 1 aromatic rings. The molecule has 0 aromatic carbocycles. The molecule has 0 saturated heterocycles. The Bertz CT molecular complexity index is 317. The van der Waals surface area contributed by atoms with E-state index in [1.165, 1.54) is 6.92 Å². The van der Waals surface area contributed by atoms with E-state index in [0.29, 0.717) is 5.69 Å². The molecule has 0 aliphatic heterocycles. The van der Waals surface area contributed by atoms with Crippen molar-refractivity contribution < 1.29 is 9.90 Å². The lowest BCUT2D eigenvalue weighted by atomic mass is 10.3. The predicted molar refractivity (Wildman–Crippen MR) is 48.3 cm³/mol. The van der Waals surface area contributed by atoms with Gasteiger partial charge in [-0.05, 0) is 13.8 Å². The minimum absolute atomic E-state index is 0.420. The van der Waals surface area contributed by atoms with Crippen LogP contribution in [0.15, 0.2) is 6.20 Å². The number of aliphatic hydroxyl groups is 1. The zero-order chi connectivity index (χ0) is 10.0. The third kappa shape index (κ3) is 2.29. The Kier molecular flexibility index (Phi) is 2.67. The van der Waals surface area contributed by atoms with Crippen LogP contribution in [0.2, 0.25) is 0 Å². The number of anilines is 1. The van der Waals surface area contributed by atoms with Gasteiger partial charge in [-0.3, -0.25) is 9.48 Å². The first kappa shape index (κ1) is 9.73. The molecule has 0 aliphatic carbocycles. The van der Waals surface area contributed by atoms with Gasteiger partial charge in [0.2, 0.25) is 0 Å². The highest BCUT2D eigenvalue weighted by molar-refractivity contribution is 5.93. The van der Waals surface area contributed by atoms with Crippen molar-refractivity contribution in [3.8, 4) is 0 Å². The summed E-state index contributed by atoms with van der Waals surface area (Å²) >= 11 is 0. The largest absolute Gasteiger partial charge is 0.384 e. The zero-order valence-corrected chi connectivity index (χ0v) is 7.90. The smallest absolute Gasteiger partial charge is 0.253 e. The molecule has 1 aromatic heterocycles. The van der Waals surface area contributed by atoms with Crippen molar-refractivity contribution in [1.29, 1.82) is 0 Å². The number of rotatable bonds is 2. The molecule has 0 unspecified atom stereocenters. The zero-order valence-electron chi connectivity index (χ0n) is 7.90. The fraction of sp³-hybridized carbons (Fsp3) is 0.500. The van der Waals surface area contributed by atoms with Gasteiger partial charge >= 0.3 is 0 Å². The van der Waals surface area contributed by atoms with Gasteiger partial charge in [-0.15, -0.1) is 0 Å². The molecule has 0 bridgehead atoms. The summed E-state index contributed by atoms with van der Waals surface area (Å²) in [6.45, 7) is 3.21. The normalized spacial score (nSPS) is 12.6. The van der Waals surface area contributed by atoms with E-state index in [1.54, 1.807) is 24.9 Å². The molecular weight excluding hydrogens is 170 g/mol. The van der Waals surface area contributed by atoms with Crippen molar-refractivity contribution in [3.63, 3.8) is 0 Å². The Morgan fingerprint density at radius 3 is 2.77 bits per heavy atom. The van der Waals surface area contributed by atoms with Crippen LogP contribution in [0, 0.1) is 6.92 Å². The third-order valence-electron chi connectivity index (χ3n) is 1.65. The Morgan fingerprint density at radius 2 is 2.38 bits per heavy atom. The second kappa shape index (κ2) is 3.57. The first-order chi connectivity index (χ1) is 6.00. The molecule has 1 heterocycles. The number of nitrogens with zero attached hydrogens (tertiary/aromatic N) is 2. The topological polar surface area (TPSA) is 67.2 Å². The summed E-state index contributed by atoms with van der Waals surface area (Å²) < 4.78 is 1.60. The molecule has 2 N–H and O–H groups in total. The van der Waals surface area contributed by atoms with E-state index in [1.807, 2.05) is 0 Å². The summed E-state index contributed by atoms with van der Waals surface area (Å²) in [5, 5.41) is 15.5. The minimum Gasteiger partial charge on any atom is -0.384 e. The van der Waals surface area contributed by atoms with Crippen molar-refractivity contribution in [1.82, 2.24) is 9.78 Å². The predicted octanol–water partition coefficient (Wildman–Crippen LogP) is 0.0478. The summed E-state index contributed by atoms with van der Waals surface area (Å²) in [5.41, 5.74) is 1.37. The SMILES string of the molecule is Cc1nn(C)cc1NC(=O)[C@@H](C)O. The monoisotopic (exact) mass is 183 g/mol. The molecule has 5 heteroatoms. The van der Waals surface area contributed by atoms with Gasteiger partial charge in [-0.1, -0.05) is 0 Å². The number of carbonyl (C=O) groups excluding carboxylic acids is 1. The van der Waals surface area contributed by atoms with Crippen molar-refractivity contribution in [3.05, 3.63) is 11.9 Å². The van der Waals surface area contributed by atoms with Crippen LogP contribution >= 0.6 is 0 Å². The van der Waals surface area contributed by atoms with Gasteiger partial charge in [0, 0.05) is 13.2 Å². The molecule has 72 valence electrons. The molecule has 1 rings (SSSR count). The Hall–Kier alpha value is -1.36. The van der Waals surface area contributed by atoms with Crippen LogP contribution in [0.25, 0.3) is 0 Å². The van der Waals surface area contributed by atoms with Gasteiger partial charge < -0.3 is 10.4 Å². The van der Waals surface area contributed by atoms with Gasteiger partial charge in [0.05, 0.1) is 11.4 Å². The summed E-state index contributed by atoms with van der Waals surface area (Å²) in [5.74, 6) is -0.420. The maximum absolute atomic E-state index is 11.1. The number of aliphatic hydroxyl groups excluding tert-OH is 1. The molecule has 13 heavy (non-hydrogen) atoms. The number of aryl methyl sites for hydroxylation is 2. The van der Waals surface area contributed by atoms with Crippen LogP contribution in [0.3, 0.4) is 0 Å². The van der Waals surface area contributed by atoms with Crippen LogP contribution in [0.4, 0.5) is 5.69 Å². The highest BCUT2D eigenvalue weighted by Gasteiger charge is 2.11. The summed E-state index contributed by atoms with van der Waals surface area (Å²) in [6, 6.07) is 0. The highest BCUT2D eigenvalue weighted by Crippen LogP contribution is 2.11. The van der Waals surface area contributed by atoms with E-state index in [-0.39, 0.29) is 0 Å². The Labute approximate surface area is 76.4 Å². The number of hydrogen-bond acceptors (Lipinski definition) is 3. The lowest BCUT2D eigenvalue weighted by Crippen LogP contribution is -2.24. The van der Waals surface area contributed by atoms with E-state index < -0.39 is 12.0 Å². The number of aromatic nitrogens is 2. The van der Waals surface area contributed by atoms with Crippen molar-refractivity contribution in [2.75, 3.05) is 5.32 Å². The van der Waals surface area contributed by atoms with Gasteiger partial charge in [0.25, 0.3) is 5.91 Å². The van der Waals surface area contributed by atoms with Crippen molar-refractivity contribution >= 4 is 11.6 Å². The molecule has 0 spiro atoms. The fourth-order valence-corrected chi connectivity index (χ4v) is 0.959. The maximum atomic E-state index is 11.1. The molecule has 5 nitrogen and oxygen atoms in total. The summed E-state index contributed by atoms with van der Waals surface area (Å²) in [4.78, 5) is 11.1. The summed E-state index contributed by atoms with van der Waals surface area (Å²) in [7, 11) is 1.77. The van der Waals surface area contributed by atoms with Gasteiger partial charge in [-0.25, -0.2) is 0 Å². The second-order valence-electron chi connectivity index (χ2n) is 2.97. The lowest BCUT2D eigenvalue weighted by Gasteiger charge is -2.04. The first-order valence-electron chi connectivity index (χ1n) is 4.00. The van der Waals surface area contributed by atoms with Gasteiger partial charge in [-0.2, -0.15) is 5.10 Å². The van der Waals surface area contributed by atoms with Crippen molar-refractivity contribution in [2.24, 2.45) is 7.05 Å². The van der Waals surface area contributed by atoms with Crippen LogP contribution in [-0.2, 0) is 11.8 Å². The van der Waals surface area contributed by atoms with E-state index in [0.717, 1.165) is 5.69 Å². The van der Waals surface area contributed by atoms with Crippen LogP contribution < -0.4 is 5.32 Å². The minimum atomic E-state index is -1.00. The molecule has 0 radical (unpaired) electrons. The quantitative estimate of drug-likeness (QED) is 0.680. The van der Waals surface area contributed by atoms with E-state index >= 15 is 0 Å². The van der Waals surface area contributed by atoms with Crippen LogP contribution in [0.5, 0.6) is 0 Å². The fourth-order valence-electron chi connectivity index (χ4n) is 0.959. The first-order valence-corrected chi connectivity index (χ1v) is 4.00. The molecule has 0 saturated carbocycles. The number of nitrogens with one attached hydrogen (secondary N) is 1. The molecular formula is C8H13N3O2. The lowest BCUT2D eigenvalue weighted by molar-refractivity contribution is -0.123. The maximum Gasteiger partial charge on any atom is 0.253 e. The molecule has 0 fully saturated rings. The standard InChI is InChI=1S/C8H13N3O2/c1-5-7(4-11(3)10-5)9-8(13)6(2)12/h4,6,12H,1-3H3,(H,9,13)/t6-/m1/s1. The van der Waals surface area contributed by atoms with E-state index in [9.17, 15) is 4.79 Å². The van der Waals surface area contributed by atoms with Crippen molar-refractivity contribution in [2.45, 2.75) is 20.0 Å². The third-order valence-corrected chi connectivity index (χ3v) is 1.65. The number of hydrogen-bond donors (Lipinski definition) is 2. The van der Waals surface area contributed by atoms with Gasteiger partial charge in [0.1, 0.15) is 6.10 Å². The number of carbonyl (C=O) groups is 1. The number of amides is 1. The average molecular weight is 183 g/mol. The molecule has 1 atom stereocenters. The average Bonchev–Trinajstić information content (AvgIpc) is 2.30. The van der Waals surface area contributed by atoms with E-state index in [4.69, 9.17) is 5.11 Å². The van der Waals surface area contributed by atoms with Gasteiger partial charge in [0.15, 0.2) is 0 Å². The highest BCUT2D eigenvalue weighted by atomic mass is 16.3.